The number of aryl methyl sites for hydroxylation is 1. The average molecular weight is 474 g/mol. The van der Waals surface area contributed by atoms with E-state index in [1.54, 1.807) is 20.8 Å². The minimum absolute atomic E-state index is 0.127. The van der Waals surface area contributed by atoms with Crippen LogP contribution in [0.3, 0.4) is 0 Å². The van der Waals surface area contributed by atoms with Crippen LogP contribution in [0.1, 0.15) is 46.9 Å². The van der Waals surface area contributed by atoms with Crippen LogP contribution in [-0.2, 0) is 10.9 Å². The summed E-state index contributed by atoms with van der Waals surface area (Å²) in [5.41, 5.74) is 1.44. The van der Waals surface area contributed by atoms with Crippen LogP contribution in [0.2, 0.25) is 0 Å². The molecule has 4 aromatic rings. The minimum Gasteiger partial charge on any atom is -0.479 e. The van der Waals surface area contributed by atoms with Crippen molar-refractivity contribution in [2.75, 3.05) is 13.7 Å². The standard InChI is InChI=1S/C22H21F3N6O3/c1-5-34-20(32)14-9-26-30(11-14)21-28-17-10-27-31(18(17)19(29-21)33-4)13(3)16-8-15(22(23,24)25)7-6-12(16)2/h6-11,13H,5H2,1-4H3/t13-/m1/s1. The Bertz CT molecular complexity index is 1360. The first-order valence-electron chi connectivity index (χ1n) is 10.3. The summed E-state index contributed by atoms with van der Waals surface area (Å²) in [4.78, 5) is 20.7. The van der Waals surface area contributed by atoms with Gasteiger partial charge in [-0.15, -0.1) is 0 Å². The Morgan fingerprint density at radius 1 is 1.18 bits per heavy atom. The van der Waals surface area contributed by atoms with E-state index < -0.39 is 23.8 Å². The topological polar surface area (TPSA) is 97.0 Å². The molecule has 0 N–H and O–H groups in total. The number of rotatable bonds is 6. The molecule has 0 fully saturated rings. The number of carbonyl (C=O) groups excluding carboxylic acids is 1. The van der Waals surface area contributed by atoms with Gasteiger partial charge in [-0.25, -0.2) is 14.5 Å². The van der Waals surface area contributed by atoms with Crippen LogP contribution in [0.4, 0.5) is 13.2 Å². The summed E-state index contributed by atoms with van der Waals surface area (Å²) in [6, 6.07) is 3.04. The van der Waals surface area contributed by atoms with E-state index in [1.165, 1.54) is 41.1 Å². The second kappa shape index (κ2) is 8.76. The summed E-state index contributed by atoms with van der Waals surface area (Å²) in [5, 5.41) is 8.46. The van der Waals surface area contributed by atoms with E-state index in [-0.39, 0.29) is 24.0 Å². The maximum absolute atomic E-state index is 13.3. The molecule has 0 spiro atoms. The molecule has 178 valence electrons. The van der Waals surface area contributed by atoms with E-state index in [0.717, 1.165) is 12.1 Å². The van der Waals surface area contributed by atoms with E-state index >= 15 is 0 Å². The van der Waals surface area contributed by atoms with E-state index in [1.807, 2.05) is 0 Å². The monoisotopic (exact) mass is 474 g/mol. The van der Waals surface area contributed by atoms with E-state index in [4.69, 9.17) is 9.47 Å². The summed E-state index contributed by atoms with van der Waals surface area (Å²) in [6.07, 6.45) is -0.230. The number of nitrogens with zero attached hydrogens (tertiary/aromatic N) is 6. The lowest BCUT2D eigenvalue weighted by Gasteiger charge is -2.19. The zero-order valence-electron chi connectivity index (χ0n) is 18.8. The van der Waals surface area contributed by atoms with Crippen molar-refractivity contribution in [2.24, 2.45) is 0 Å². The molecule has 0 saturated carbocycles. The number of carbonyl (C=O) groups is 1. The molecule has 0 radical (unpaired) electrons. The minimum atomic E-state index is -4.46. The van der Waals surface area contributed by atoms with Gasteiger partial charge in [0.25, 0.3) is 5.95 Å². The molecule has 4 rings (SSSR count). The van der Waals surface area contributed by atoms with Crippen molar-refractivity contribution in [3.8, 4) is 11.8 Å². The molecular formula is C22H21F3N6O3. The Labute approximate surface area is 192 Å². The SMILES string of the molecule is CCOC(=O)c1cnn(-c2nc(OC)c3c(cnn3[C@H](C)c3cc(C(F)(F)F)ccc3C)n2)c1. The lowest BCUT2D eigenvalue weighted by Crippen LogP contribution is -2.13. The van der Waals surface area contributed by atoms with Gasteiger partial charge in [0.1, 0.15) is 11.0 Å². The maximum Gasteiger partial charge on any atom is 0.416 e. The van der Waals surface area contributed by atoms with Crippen LogP contribution >= 0.6 is 0 Å². The second-order valence-electron chi connectivity index (χ2n) is 7.50. The van der Waals surface area contributed by atoms with Crippen molar-refractivity contribution in [2.45, 2.75) is 33.0 Å². The van der Waals surface area contributed by atoms with E-state index in [2.05, 4.69) is 20.2 Å². The number of hydrogen-bond acceptors (Lipinski definition) is 7. The molecule has 34 heavy (non-hydrogen) atoms. The summed E-state index contributed by atoms with van der Waals surface area (Å²) in [6.45, 7) is 5.40. The van der Waals surface area contributed by atoms with Crippen molar-refractivity contribution in [3.05, 3.63) is 59.0 Å². The van der Waals surface area contributed by atoms with Gasteiger partial charge >= 0.3 is 12.1 Å². The maximum atomic E-state index is 13.3. The molecule has 9 nitrogen and oxygen atoms in total. The first-order valence-corrected chi connectivity index (χ1v) is 10.3. The van der Waals surface area contributed by atoms with E-state index in [9.17, 15) is 18.0 Å². The molecule has 0 bridgehead atoms. The third-order valence-electron chi connectivity index (χ3n) is 5.32. The lowest BCUT2D eigenvalue weighted by molar-refractivity contribution is -0.137. The molecule has 0 amide bonds. The van der Waals surface area contributed by atoms with Gasteiger partial charge < -0.3 is 9.47 Å². The molecule has 0 unspecified atom stereocenters. The van der Waals surface area contributed by atoms with Gasteiger partial charge in [0.15, 0.2) is 0 Å². The number of benzene rings is 1. The molecule has 0 aliphatic heterocycles. The number of fused-ring (bicyclic) bond motifs is 1. The molecular weight excluding hydrogens is 453 g/mol. The zero-order chi connectivity index (χ0) is 24.6. The summed E-state index contributed by atoms with van der Waals surface area (Å²) >= 11 is 0. The zero-order valence-corrected chi connectivity index (χ0v) is 18.8. The summed E-state index contributed by atoms with van der Waals surface area (Å²) < 4.78 is 53.1. The second-order valence-corrected chi connectivity index (χ2v) is 7.50. The number of methoxy groups -OCH3 is 1. The number of aromatic nitrogens is 6. The lowest BCUT2D eigenvalue weighted by atomic mass is 9.99. The van der Waals surface area contributed by atoms with Crippen molar-refractivity contribution in [1.82, 2.24) is 29.5 Å². The van der Waals surface area contributed by atoms with Crippen LogP contribution < -0.4 is 4.74 Å². The fourth-order valence-corrected chi connectivity index (χ4v) is 3.61. The van der Waals surface area contributed by atoms with Crippen LogP contribution in [0.15, 0.2) is 36.8 Å². The first kappa shape index (κ1) is 23.2. The molecule has 1 atom stereocenters. The normalized spacial score (nSPS) is 12.7. The Balaban J connectivity index is 1.77. The van der Waals surface area contributed by atoms with Gasteiger partial charge in [0.2, 0.25) is 5.88 Å². The highest BCUT2D eigenvalue weighted by Crippen LogP contribution is 2.34. The highest BCUT2D eigenvalue weighted by molar-refractivity contribution is 5.88. The highest BCUT2D eigenvalue weighted by atomic mass is 19.4. The van der Waals surface area contributed by atoms with Crippen molar-refractivity contribution < 1.29 is 27.4 Å². The van der Waals surface area contributed by atoms with Crippen molar-refractivity contribution >= 4 is 17.0 Å². The number of alkyl halides is 3. The van der Waals surface area contributed by atoms with Gasteiger partial charge in [0, 0.05) is 6.20 Å². The Hall–Kier alpha value is -3.96. The summed E-state index contributed by atoms with van der Waals surface area (Å²) in [7, 11) is 1.41. The average Bonchev–Trinajstić information content (AvgIpc) is 3.45. The Kier molecular flexibility index (Phi) is 5.98. The Morgan fingerprint density at radius 2 is 1.94 bits per heavy atom. The number of esters is 1. The van der Waals surface area contributed by atoms with Gasteiger partial charge in [-0.2, -0.15) is 28.4 Å². The number of halogens is 3. The van der Waals surface area contributed by atoms with Crippen molar-refractivity contribution in [3.63, 3.8) is 0 Å². The van der Waals surface area contributed by atoms with Gasteiger partial charge in [0.05, 0.1) is 43.3 Å². The fraction of sp³-hybridized carbons (Fsp3) is 0.318. The Morgan fingerprint density at radius 3 is 2.62 bits per heavy atom. The number of hydrogen-bond donors (Lipinski definition) is 0. The van der Waals surface area contributed by atoms with E-state index in [0.29, 0.717) is 22.2 Å². The van der Waals surface area contributed by atoms with Gasteiger partial charge in [-0.3, -0.25) is 4.68 Å². The molecule has 0 saturated heterocycles. The van der Waals surface area contributed by atoms with Crippen LogP contribution in [0.25, 0.3) is 17.0 Å². The predicted molar refractivity (Wildman–Crippen MR) is 115 cm³/mol. The molecule has 12 heteroatoms. The first-order chi connectivity index (χ1) is 16.1. The molecule has 1 aromatic carbocycles. The largest absolute Gasteiger partial charge is 0.479 e. The third kappa shape index (κ3) is 4.18. The van der Waals surface area contributed by atoms with Crippen LogP contribution in [0, 0.1) is 6.92 Å². The van der Waals surface area contributed by atoms with Gasteiger partial charge in [-0.05, 0) is 44.0 Å². The predicted octanol–water partition coefficient (Wildman–Crippen LogP) is 4.13. The quantitative estimate of drug-likeness (QED) is 0.388. The fourth-order valence-electron chi connectivity index (χ4n) is 3.61. The molecule has 3 heterocycles. The third-order valence-corrected chi connectivity index (χ3v) is 5.32. The van der Waals surface area contributed by atoms with Crippen molar-refractivity contribution in [1.29, 1.82) is 0 Å². The smallest absolute Gasteiger partial charge is 0.416 e. The molecule has 0 aliphatic rings. The molecule has 3 aromatic heterocycles. The highest BCUT2D eigenvalue weighted by Gasteiger charge is 2.32. The van der Waals surface area contributed by atoms with Crippen LogP contribution in [-0.4, -0.2) is 49.2 Å². The van der Waals surface area contributed by atoms with Gasteiger partial charge in [-0.1, -0.05) is 6.07 Å². The molecule has 0 aliphatic carbocycles. The summed E-state index contributed by atoms with van der Waals surface area (Å²) in [5.74, 6) is -0.246. The number of ether oxygens (including phenoxy) is 2. The van der Waals surface area contributed by atoms with Crippen LogP contribution in [0.5, 0.6) is 5.88 Å².